The Kier molecular flexibility index (Phi) is 2.10. The van der Waals surface area contributed by atoms with E-state index in [4.69, 9.17) is 0 Å². The minimum Gasteiger partial charge on any atom is -0.238 e. The van der Waals surface area contributed by atoms with Crippen molar-refractivity contribution in [2.45, 2.75) is 52.6 Å². The molecule has 13 heavy (non-hydrogen) atoms. The highest BCUT2D eigenvalue weighted by atomic mass is 15.7. The summed E-state index contributed by atoms with van der Waals surface area (Å²) in [5.41, 5.74) is 0.708. The molecule has 0 saturated carbocycles. The molecule has 1 heterocycles. The van der Waals surface area contributed by atoms with Crippen molar-refractivity contribution in [2.75, 3.05) is 14.1 Å². The molecule has 0 amide bonds. The lowest BCUT2D eigenvalue weighted by Gasteiger charge is -2.42. The standard InChI is InChI=1S/C11H24N2/c1-9(2)10(3,4)12(7)13(8)11(9,5)6/h1-8H3. The molecule has 0 unspecified atom stereocenters. The summed E-state index contributed by atoms with van der Waals surface area (Å²) in [5, 5.41) is 4.71. The van der Waals surface area contributed by atoms with Crippen LogP contribution in [0.4, 0.5) is 0 Å². The second kappa shape index (κ2) is 2.48. The van der Waals surface area contributed by atoms with Gasteiger partial charge in [0.05, 0.1) is 0 Å². The fraction of sp³-hybridized carbons (Fsp3) is 1.00. The van der Waals surface area contributed by atoms with Crippen molar-refractivity contribution < 1.29 is 0 Å². The highest BCUT2D eigenvalue weighted by Crippen LogP contribution is 2.52. The predicted octanol–water partition coefficient (Wildman–Crippen LogP) is 2.36. The highest BCUT2D eigenvalue weighted by molar-refractivity contribution is 5.11. The van der Waals surface area contributed by atoms with Crippen molar-refractivity contribution in [3.63, 3.8) is 0 Å². The molecule has 0 aromatic carbocycles. The molecule has 2 heteroatoms. The third-order valence-electron chi connectivity index (χ3n) is 5.13. The summed E-state index contributed by atoms with van der Waals surface area (Å²) >= 11 is 0. The lowest BCUT2D eigenvalue weighted by atomic mass is 9.65. The third kappa shape index (κ3) is 1.02. The van der Waals surface area contributed by atoms with Crippen LogP contribution in [0.15, 0.2) is 0 Å². The minimum absolute atomic E-state index is 0.214. The van der Waals surface area contributed by atoms with Gasteiger partial charge in [-0.2, -0.15) is 0 Å². The van der Waals surface area contributed by atoms with Crippen LogP contribution < -0.4 is 0 Å². The summed E-state index contributed by atoms with van der Waals surface area (Å²) in [5.74, 6) is 0. The topological polar surface area (TPSA) is 6.48 Å². The quantitative estimate of drug-likeness (QED) is 0.570. The van der Waals surface area contributed by atoms with Gasteiger partial charge < -0.3 is 0 Å². The van der Waals surface area contributed by atoms with Gasteiger partial charge in [-0.1, -0.05) is 13.8 Å². The van der Waals surface area contributed by atoms with Gasteiger partial charge in [0.15, 0.2) is 0 Å². The van der Waals surface area contributed by atoms with Gasteiger partial charge in [0.1, 0.15) is 0 Å². The van der Waals surface area contributed by atoms with Crippen LogP contribution in [0.1, 0.15) is 41.5 Å². The van der Waals surface area contributed by atoms with E-state index in [2.05, 4.69) is 65.7 Å². The molecule has 0 N–H and O–H groups in total. The van der Waals surface area contributed by atoms with E-state index in [9.17, 15) is 0 Å². The zero-order chi connectivity index (χ0) is 10.7. The first-order valence-electron chi connectivity index (χ1n) is 5.04. The van der Waals surface area contributed by atoms with Crippen molar-refractivity contribution in [3.8, 4) is 0 Å². The van der Waals surface area contributed by atoms with E-state index in [-0.39, 0.29) is 16.5 Å². The monoisotopic (exact) mass is 184 g/mol. The van der Waals surface area contributed by atoms with Crippen LogP contribution in [-0.4, -0.2) is 35.2 Å². The Morgan fingerprint density at radius 2 is 0.846 bits per heavy atom. The van der Waals surface area contributed by atoms with Crippen LogP contribution >= 0.6 is 0 Å². The average Bonchev–Trinajstić information content (AvgIpc) is 2.05. The largest absolute Gasteiger partial charge is 0.238 e. The van der Waals surface area contributed by atoms with Gasteiger partial charge in [-0.05, 0) is 27.7 Å². The minimum atomic E-state index is 0.214. The lowest BCUT2D eigenvalue weighted by molar-refractivity contribution is -0.0272. The Bertz CT molecular complexity index is 194. The maximum Gasteiger partial charge on any atom is 0.0366 e. The SMILES string of the molecule is CN1N(C)C(C)(C)C(C)(C)C1(C)C. The number of hydrogen-bond donors (Lipinski definition) is 0. The van der Waals surface area contributed by atoms with E-state index in [1.165, 1.54) is 0 Å². The summed E-state index contributed by atoms with van der Waals surface area (Å²) in [4.78, 5) is 0. The maximum absolute atomic E-state index is 2.35. The maximum atomic E-state index is 2.35. The summed E-state index contributed by atoms with van der Waals surface area (Å²) in [6.45, 7) is 14.0. The number of hydrazine groups is 1. The van der Waals surface area contributed by atoms with Crippen LogP contribution in [0.25, 0.3) is 0 Å². The van der Waals surface area contributed by atoms with Crippen LogP contribution in [-0.2, 0) is 0 Å². The molecule has 1 aliphatic rings. The van der Waals surface area contributed by atoms with Gasteiger partial charge in [0.2, 0.25) is 0 Å². The van der Waals surface area contributed by atoms with Crippen molar-refractivity contribution in [2.24, 2.45) is 5.41 Å². The Morgan fingerprint density at radius 3 is 0.923 bits per heavy atom. The molecule has 78 valence electrons. The van der Waals surface area contributed by atoms with Crippen molar-refractivity contribution in [3.05, 3.63) is 0 Å². The predicted molar refractivity (Wildman–Crippen MR) is 57.5 cm³/mol. The molecular weight excluding hydrogens is 160 g/mol. The third-order valence-corrected chi connectivity index (χ3v) is 5.13. The van der Waals surface area contributed by atoms with E-state index in [1.807, 2.05) is 0 Å². The highest BCUT2D eigenvalue weighted by Gasteiger charge is 2.59. The molecule has 0 atom stereocenters. The summed E-state index contributed by atoms with van der Waals surface area (Å²) in [7, 11) is 4.35. The van der Waals surface area contributed by atoms with Crippen molar-refractivity contribution in [1.29, 1.82) is 0 Å². The average molecular weight is 184 g/mol. The Hall–Kier alpha value is -0.0800. The zero-order valence-electron chi connectivity index (χ0n) is 10.4. The molecule has 1 fully saturated rings. The molecule has 0 aliphatic carbocycles. The van der Waals surface area contributed by atoms with E-state index >= 15 is 0 Å². The van der Waals surface area contributed by atoms with E-state index in [0.717, 1.165) is 0 Å². The number of hydrogen-bond acceptors (Lipinski definition) is 2. The van der Waals surface area contributed by atoms with Crippen LogP contribution in [0.2, 0.25) is 0 Å². The molecule has 0 spiro atoms. The van der Waals surface area contributed by atoms with E-state index < -0.39 is 0 Å². The molecule has 2 nitrogen and oxygen atoms in total. The van der Waals surface area contributed by atoms with Gasteiger partial charge in [0, 0.05) is 30.6 Å². The molecule has 0 aromatic heterocycles. The van der Waals surface area contributed by atoms with Gasteiger partial charge in [-0.15, -0.1) is 0 Å². The molecular formula is C11H24N2. The molecule has 0 bridgehead atoms. The molecule has 1 saturated heterocycles. The van der Waals surface area contributed by atoms with Crippen LogP contribution in [0.3, 0.4) is 0 Å². The normalized spacial score (nSPS) is 32.3. The first-order valence-corrected chi connectivity index (χ1v) is 5.04. The zero-order valence-corrected chi connectivity index (χ0v) is 10.4. The molecule has 0 radical (unpaired) electrons. The van der Waals surface area contributed by atoms with Crippen LogP contribution in [0, 0.1) is 5.41 Å². The first kappa shape index (κ1) is 11.0. The van der Waals surface area contributed by atoms with Crippen molar-refractivity contribution >= 4 is 0 Å². The van der Waals surface area contributed by atoms with Gasteiger partial charge in [-0.25, -0.2) is 10.0 Å². The Labute approximate surface area is 82.9 Å². The summed E-state index contributed by atoms with van der Waals surface area (Å²) < 4.78 is 0. The Balaban J connectivity index is 3.23. The fourth-order valence-electron chi connectivity index (χ4n) is 2.31. The number of rotatable bonds is 0. The van der Waals surface area contributed by atoms with Crippen LogP contribution in [0.5, 0.6) is 0 Å². The summed E-state index contributed by atoms with van der Waals surface area (Å²) in [6, 6.07) is 0. The van der Waals surface area contributed by atoms with E-state index in [0.29, 0.717) is 0 Å². The first-order chi connectivity index (χ1) is 5.57. The van der Waals surface area contributed by atoms with Gasteiger partial charge in [0.25, 0.3) is 0 Å². The second-order valence-corrected chi connectivity index (χ2v) is 5.79. The van der Waals surface area contributed by atoms with Gasteiger partial charge >= 0.3 is 0 Å². The van der Waals surface area contributed by atoms with Crippen molar-refractivity contribution in [1.82, 2.24) is 10.0 Å². The lowest BCUT2D eigenvalue weighted by Crippen LogP contribution is -2.49. The van der Waals surface area contributed by atoms with Gasteiger partial charge in [-0.3, -0.25) is 0 Å². The number of nitrogens with zero attached hydrogens (tertiary/aromatic N) is 2. The molecule has 1 rings (SSSR count). The Morgan fingerprint density at radius 1 is 0.615 bits per heavy atom. The van der Waals surface area contributed by atoms with E-state index in [1.54, 1.807) is 0 Å². The summed E-state index contributed by atoms with van der Waals surface area (Å²) in [6.07, 6.45) is 0. The fourth-order valence-corrected chi connectivity index (χ4v) is 2.31. The molecule has 1 aliphatic heterocycles. The second-order valence-electron chi connectivity index (χ2n) is 5.79. The molecule has 0 aromatic rings. The smallest absolute Gasteiger partial charge is 0.0366 e.